The number of nitrogens with zero attached hydrogens (tertiary/aromatic N) is 4. The first-order chi connectivity index (χ1) is 11.4. The Kier molecular flexibility index (Phi) is 4.92. The molecule has 7 nitrogen and oxygen atoms in total. The highest BCUT2D eigenvalue weighted by Gasteiger charge is 2.01. The third-order valence-corrected chi connectivity index (χ3v) is 2.88. The first-order valence-electron chi connectivity index (χ1n) is 7.18. The van der Waals surface area contributed by atoms with E-state index in [2.05, 4.69) is 30.6 Å². The van der Waals surface area contributed by atoms with Crippen LogP contribution in [0, 0.1) is 0 Å². The van der Waals surface area contributed by atoms with Gasteiger partial charge in [-0.25, -0.2) is 9.97 Å². The van der Waals surface area contributed by atoms with Gasteiger partial charge in [-0.2, -0.15) is 4.98 Å². The summed E-state index contributed by atoms with van der Waals surface area (Å²) in [5.41, 5.74) is 0. The molecule has 116 valence electrons. The summed E-state index contributed by atoms with van der Waals surface area (Å²) in [5, 5.41) is 6.18. The largest absolute Gasteiger partial charge is 0.492 e. The van der Waals surface area contributed by atoms with Gasteiger partial charge in [0.15, 0.2) is 5.82 Å². The monoisotopic (exact) mass is 308 g/mol. The van der Waals surface area contributed by atoms with Gasteiger partial charge in [-0.1, -0.05) is 18.2 Å². The molecule has 0 aliphatic carbocycles. The average molecular weight is 308 g/mol. The molecule has 2 N–H and O–H groups in total. The molecule has 2 aromatic heterocycles. The van der Waals surface area contributed by atoms with Crippen LogP contribution in [-0.4, -0.2) is 33.1 Å². The molecule has 23 heavy (non-hydrogen) atoms. The fourth-order valence-electron chi connectivity index (χ4n) is 1.86. The zero-order valence-corrected chi connectivity index (χ0v) is 12.4. The molecule has 0 amide bonds. The number of aromatic nitrogens is 4. The molecule has 0 bridgehead atoms. The van der Waals surface area contributed by atoms with Crippen LogP contribution in [0.1, 0.15) is 0 Å². The predicted octanol–water partition coefficient (Wildman–Crippen LogP) is 2.50. The van der Waals surface area contributed by atoms with Crippen molar-refractivity contribution in [3.63, 3.8) is 0 Å². The van der Waals surface area contributed by atoms with Crippen molar-refractivity contribution in [3.05, 3.63) is 61.2 Å². The van der Waals surface area contributed by atoms with E-state index < -0.39 is 0 Å². The zero-order chi connectivity index (χ0) is 15.7. The molecule has 7 heteroatoms. The van der Waals surface area contributed by atoms with Crippen LogP contribution in [0.2, 0.25) is 0 Å². The van der Waals surface area contributed by atoms with E-state index >= 15 is 0 Å². The van der Waals surface area contributed by atoms with E-state index in [1.54, 1.807) is 30.9 Å². The van der Waals surface area contributed by atoms with E-state index in [-0.39, 0.29) is 0 Å². The van der Waals surface area contributed by atoms with E-state index in [1.807, 2.05) is 30.3 Å². The number of anilines is 3. The van der Waals surface area contributed by atoms with Crippen molar-refractivity contribution in [1.29, 1.82) is 0 Å². The van der Waals surface area contributed by atoms with Gasteiger partial charge in [0, 0.05) is 18.6 Å². The van der Waals surface area contributed by atoms with Crippen LogP contribution in [0.15, 0.2) is 61.2 Å². The minimum absolute atomic E-state index is 0.458. The van der Waals surface area contributed by atoms with Crippen LogP contribution in [0.5, 0.6) is 5.75 Å². The molecule has 0 fully saturated rings. The zero-order valence-electron chi connectivity index (χ0n) is 12.4. The quantitative estimate of drug-likeness (QED) is 0.649. The van der Waals surface area contributed by atoms with Crippen LogP contribution in [0.3, 0.4) is 0 Å². The summed E-state index contributed by atoms with van der Waals surface area (Å²) in [4.78, 5) is 16.6. The van der Waals surface area contributed by atoms with Crippen LogP contribution >= 0.6 is 0 Å². The number of hydrogen-bond acceptors (Lipinski definition) is 7. The van der Waals surface area contributed by atoms with Crippen LogP contribution in [-0.2, 0) is 0 Å². The van der Waals surface area contributed by atoms with Crippen molar-refractivity contribution in [3.8, 4) is 5.75 Å². The number of para-hydroxylation sites is 1. The molecule has 3 rings (SSSR count). The molecule has 0 aliphatic heterocycles. The lowest BCUT2D eigenvalue weighted by atomic mass is 10.3. The number of ether oxygens (including phenoxy) is 1. The van der Waals surface area contributed by atoms with Crippen molar-refractivity contribution >= 4 is 17.6 Å². The molecule has 0 aliphatic rings. The Morgan fingerprint density at radius 3 is 2.65 bits per heavy atom. The number of rotatable bonds is 7. The summed E-state index contributed by atoms with van der Waals surface area (Å²) in [6, 6.07) is 11.5. The second kappa shape index (κ2) is 7.69. The molecule has 2 heterocycles. The summed E-state index contributed by atoms with van der Waals surface area (Å²) in [6.45, 7) is 1.18. The second-order valence-corrected chi connectivity index (χ2v) is 4.57. The Bertz CT molecular complexity index is 723. The van der Waals surface area contributed by atoms with Crippen molar-refractivity contribution in [2.45, 2.75) is 0 Å². The summed E-state index contributed by atoms with van der Waals surface area (Å²) >= 11 is 0. The number of hydrogen-bond donors (Lipinski definition) is 2. The first-order valence-corrected chi connectivity index (χ1v) is 7.18. The lowest BCUT2D eigenvalue weighted by molar-refractivity contribution is 0.333. The molecule has 0 saturated heterocycles. The Balaban J connectivity index is 1.49. The minimum atomic E-state index is 0.458. The van der Waals surface area contributed by atoms with Gasteiger partial charge < -0.3 is 15.4 Å². The van der Waals surface area contributed by atoms with Gasteiger partial charge in [0.1, 0.15) is 18.2 Å². The molecular formula is C16H16N6O. The topological polar surface area (TPSA) is 84.9 Å². The smallest absolute Gasteiger partial charge is 0.230 e. The maximum atomic E-state index is 5.61. The fourth-order valence-corrected chi connectivity index (χ4v) is 1.86. The maximum Gasteiger partial charge on any atom is 0.230 e. The summed E-state index contributed by atoms with van der Waals surface area (Å²) < 4.78 is 5.61. The Hall–Kier alpha value is -3.22. The Labute approximate surface area is 133 Å². The van der Waals surface area contributed by atoms with Gasteiger partial charge >= 0.3 is 0 Å². The molecule has 3 aromatic rings. The highest BCUT2D eigenvalue weighted by Crippen LogP contribution is 2.11. The highest BCUT2D eigenvalue weighted by atomic mass is 16.5. The van der Waals surface area contributed by atoms with Gasteiger partial charge in [-0.3, -0.25) is 4.98 Å². The lowest BCUT2D eigenvalue weighted by Gasteiger charge is -2.09. The molecule has 1 aromatic carbocycles. The minimum Gasteiger partial charge on any atom is -0.492 e. The van der Waals surface area contributed by atoms with E-state index in [0.717, 1.165) is 5.75 Å². The second-order valence-electron chi connectivity index (χ2n) is 4.57. The van der Waals surface area contributed by atoms with Gasteiger partial charge in [-0.15, -0.1) is 0 Å². The summed E-state index contributed by atoms with van der Waals surface area (Å²) in [5.74, 6) is 2.61. The summed E-state index contributed by atoms with van der Waals surface area (Å²) in [6.07, 6.45) is 6.49. The molecule has 0 spiro atoms. The van der Waals surface area contributed by atoms with Gasteiger partial charge in [0.2, 0.25) is 5.95 Å². The highest BCUT2D eigenvalue weighted by molar-refractivity contribution is 5.48. The van der Waals surface area contributed by atoms with Crippen molar-refractivity contribution in [2.75, 3.05) is 23.8 Å². The van der Waals surface area contributed by atoms with Crippen LogP contribution < -0.4 is 15.4 Å². The van der Waals surface area contributed by atoms with Gasteiger partial charge in [-0.05, 0) is 18.2 Å². The standard InChI is InChI=1S/C16H16N6O/c1-2-4-13(5-3-1)23-11-10-19-14-6-7-20-16(21-14)22-15-12-17-8-9-18-15/h1-9,12H,10-11H2,(H2,18,19,20,21,22). The Morgan fingerprint density at radius 2 is 1.83 bits per heavy atom. The molecule has 0 unspecified atom stereocenters. The van der Waals surface area contributed by atoms with Gasteiger partial charge in [0.05, 0.1) is 12.7 Å². The number of nitrogens with one attached hydrogen (secondary N) is 2. The van der Waals surface area contributed by atoms with E-state index in [4.69, 9.17) is 4.74 Å². The van der Waals surface area contributed by atoms with E-state index in [0.29, 0.717) is 30.7 Å². The number of benzene rings is 1. The molecule has 0 saturated carbocycles. The summed E-state index contributed by atoms with van der Waals surface area (Å²) in [7, 11) is 0. The third kappa shape index (κ3) is 4.63. The van der Waals surface area contributed by atoms with Crippen molar-refractivity contribution in [2.24, 2.45) is 0 Å². The van der Waals surface area contributed by atoms with Gasteiger partial charge in [0.25, 0.3) is 0 Å². The van der Waals surface area contributed by atoms with Crippen molar-refractivity contribution in [1.82, 2.24) is 19.9 Å². The van der Waals surface area contributed by atoms with Crippen molar-refractivity contribution < 1.29 is 4.74 Å². The van der Waals surface area contributed by atoms with Crippen LogP contribution in [0.4, 0.5) is 17.6 Å². The molecule has 0 radical (unpaired) electrons. The van der Waals surface area contributed by atoms with E-state index in [9.17, 15) is 0 Å². The SMILES string of the molecule is c1ccc(OCCNc2ccnc(Nc3cnccn3)n2)cc1. The normalized spacial score (nSPS) is 10.1. The third-order valence-electron chi connectivity index (χ3n) is 2.88. The first kappa shape index (κ1) is 14.7. The molecule has 0 atom stereocenters. The molecular weight excluding hydrogens is 292 g/mol. The predicted molar refractivity (Wildman–Crippen MR) is 87.8 cm³/mol. The Morgan fingerprint density at radius 1 is 0.913 bits per heavy atom. The lowest BCUT2D eigenvalue weighted by Crippen LogP contribution is -2.13. The average Bonchev–Trinajstić information content (AvgIpc) is 2.61. The van der Waals surface area contributed by atoms with E-state index in [1.165, 1.54) is 0 Å². The fraction of sp³-hybridized carbons (Fsp3) is 0.125. The van der Waals surface area contributed by atoms with Crippen LogP contribution in [0.25, 0.3) is 0 Å². The maximum absolute atomic E-state index is 5.61.